The molecule has 1 saturated heterocycles. The summed E-state index contributed by atoms with van der Waals surface area (Å²) in [5.74, 6) is -0.349. The van der Waals surface area contributed by atoms with Gasteiger partial charge in [0.2, 0.25) is 0 Å². The second-order valence-corrected chi connectivity index (χ2v) is 6.60. The lowest BCUT2D eigenvalue weighted by Gasteiger charge is -2.40. The van der Waals surface area contributed by atoms with Crippen molar-refractivity contribution >= 4 is 5.97 Å². The zero-order valence-electron chi connectivity index (χ0n) is 12.8. The number of aliphatic hydroxyl groups is 1. The molecule has 0 radical (unpaired) electrons. The molecule has 0 aromatic rings. The smallest absolute Gasteiger partial charge is 0.303 e. The van der Waals surface area contributed by atoms with E-state index in [0.29, 0.717) is 5.41 Å². The molecule has 2 atom stereocenters. The number of carbonyl (C=O) groups is 1. The first kappa shape index (κ1) is 16.4. The molecule has 1 unspecified atom stereocenters. The molecule has 1 rings (SSSR count). The maximum Gasteiger partial charge on any atom is 0.303 e. The van der Waals surface area contributed by atoms with Gasteiger partial charge in [-0.3, -0.25) is 9.69 Å². The Labute approximate surface area is 116 Å². The first-order chi connectivity index (χ1) is 8.69. The highest BCUT2D eigenvalue weighted by Gasteiger charge is 2.28. The number of rotatable bonds is 4. The highest BCUT2D eigenvalue weighted by Crippen LogP contribution is 2.17. The predicted molar refractivity (Wildman–Crippen MR) is 74.7 cm³/mol. The maximum absolute atomic E-state index is 10.9. The standard InChI is InChI=1S/C14H28N2O3/c1-11(19-12(2)17)13(18)16-8-6-15(7-9-16)10-14(3,4)5/h11,13,18H,6-10H2,1-5H3/t11-,13?/m1/s1. The molecule has 0 bridgehead atoms. The van der Waals surface area contributed by atoms with Gasteiger partial charge in [-0.15, -0.1) is 0 Å². The number of esters is 1. The van der Waals surface area contributed by atoms with E-state index < -0.39 is 12.3 Å². The summed E-state index contributed by atoms with van der Waals surface area (Å²) < 4.78 is 5.03. The number of hydrogen-bond acceptors (Lipinski definition) is 5. The van der Waals surface area contributed by atoms with E-state index in [2.05, 4.69) is 25.7 Å². The minimum atomic E-state index is -0.708. The van der Waals surface area contributed by atoms with Crippen molar-refractivity contribution < 1.29 is 14.6 Å². The quantitative estimate of drug-likeness (QED) is 0.771. The van der Waals surface area contributed by atoms with E-state index in [9.17, 15) is 9.90 Å². The van der Waals surface area contributed by atoms with Crippen LogP contribution in [0.5, 0.6) is 0 Å². The molecule has 5 nitrogen and oxygen atoms in total. The van der Waals surface area contributed by atoms with Crippen molar-refractivity contribution in [2.75, 3.05) is 32.7 Å². The number of carbonyl (C=O) groups excluding carboxylic acids is 1. The fourth-order valence-electron chi connectivity index (χ4n) is 2.48. The monoisotopic (exact) mass is 272 g/mol. The van der Waals surface area contributed by atoms with Crippen LogP contribution in [0.2, 0.25) is 0 Å². The van der Waals surface area contributed by atoms with Gasteiger partial charge >= 0.3 is 5.97 Å². The molecule has 0 spiro atoms. The van der Waals surface area contributed by atoms with Crippen LogP contribution in [0.4, 0.5) is 0 Å². The van der Waals surface area contributed by atoms with Gasteiger partial charge in [-0.25, -0.2) is 0 Å². The van der Waals surface area contributed by atoms with Gasteiger partial charge in [-0.05, 0) is 12.3 Å². The Hall–Kier alpha value is -0.650. The summed E-state index contributed by atoms with van der Waals surface area (Å²) in [5, 5.41) is 10.1. The van der Waals surface area contributed by atoms with Crippen LogP contribution in [0.3, 0.4) is 0 Å². The van der Waals surface area contributed by atoms with Gasteiger partial charge in [0.05, 0.1) is 0 Å². The molecule has 1 fully saturated rings. The number of piperazine rings is 1. The number of aliphatic hydroxyl groups excluding tert-OH is 1. The van der Waals surface area contributed by atoms with Crippen LogP contribution < -0.4 is 0 Å². The molecule has 112 valence electrons. The van der Waals surface area contributed by atoms with E-state index in [-0.39, 0.29) is 5.97 Å². The molecule has 1 N–H and O–H groups in total. The van der Waals surface area contributed by atoms with Crippen LogP contribution in [-0.2, 0) is 9.53 Å². The second kappa shape index (κ2) is 6.68. The number of hydrogen-bond donors (Lipinski definition) is 1. The number of nitrogens with zero attached hydrogens (tertiary/aromatic N) is 2. The van der Waals surface area contributed by atoms with Crippen molar-refractivity contribution in [3.05, 3.63) is 0 Å². The lowest BCUT2D eigenvalue weighted by Crippen LogP contribution is -2.54. The molecule has 0 aliphatic carbocycles. The molecular weight excluding hydrogens is 244 g/mol. The van der Waals surface area contributed by atoms with E-state index in [0.717, 1.165) is 32.7 Å². The molecule has 1 heterocycles. The Morgan fingerprint density at radius 2 is 1.79 bits per heavy atom. The Bertz CT molecular complexity index is 294. The summed E-state index contributed by atoms with van der Waals surface area (Å²) in [7, 11) is 0. The Morgan fingerprint density at radius 3 is 2.21 bits per heavy atom. The van der Waals surface area contributed by atoms with Crippen LogP contribution >= 0.6 is 0 Å². The highest BCUT2D eigenvalue weighted by molar-refractivity contribution is 5.66. The van der Waals surface area contributed by atoms with Gasteiger partial charge < -0.3 is 14.7 Å². The largest absolute Gasteiger partial charge is 0.459 e. The zero-order valence-corrected chi connectivity index (χ0v) is 12.8. The van der Waals surface area contributed by atoms with E-state index in [1.54, 1.807) is 6.92 Å². The van der Waals surface area contributed by atoms with Gasteiger partial charge in [0.1, 0.15) is 12.3 Å². The molecular formula is C14H28N2O3. The summed E-state index contributed by atoms with van der Waals surface area (Å²) in [5.41, 5.74) is 0.297. The summed E-state index contributed by atoms with van der Waals surface area (Å²) in [4.78, 5) is 15.3. The van der Waals surface area contributed by atoms with Crippen molar-refractivity contribution in [1.82, 2.24) is 9.80 Å². The predicted octanol–water partition coefficient (Wildman–Crippen LogP) is 0.920. The average molecular weight is 272 g/mol. The summed E-state index contributed by atoms with van der Waals surface area (Å²) in [6, 6.07) is 0. The van der Waals surface area contributed by atoms with E-state index >= 15 is 0 Å². The third kappa shape index (κ3) is 5.89. The van der Waals surface area contributed by atoms with E-state index in [1.165, 1.54) is 6.92 Å². The van der Waals surface area contributed by atoms with Crippen molar-refractivity contribution in [1.29, 1.82) is 0 Å². The van der Waals surface area contributed by atoms with Gasteiger partial charge in [-0.1, -0.05) is 20.8 Å². The topological polar surface area (TPSA) is 53.0 Å². The van der Waals surface area contributed by atoms with Crippen LogP contribution in [0.1, 0.15) is 34.6 Å². The molecule has 0 amide bonds. The Morgan fingerprint density at radius 1 is 1.26 bits per heavy atom. The molecule has 1 aliphatic heterocycles. The molecule has 5 heteroatoms. The minimum absolute atomic E-state index is 0.297. The fourth-order valence-corrected chi connectivity index (χ4v) is 2.48. The maximum atomic E-state index is 10.9. The first-order valence-electron chi connectivity index (χ1n) is 7.01. The van der Waals surface area contributed by atoms with Gasteiger partial charge in [-0.2, -0.15) is 0 Å². The van der Waals surface area contributed by atoms with Gasteiger partial charge in [0.25, 0.3) is 0 Å². The highest BCUT2D eigenvalue weighted by atomic mass is 16.6. The third-order valence-corrected chi connectivity index (χ3v) is 3.25. The van der Waals surface area contributed by atoms with Crippen LogP contribution in [0.25, 0.3) is 0 Å². The number of ether oxygens (including phenoxy) is 1. The average Bonchev–Trinajstić information content (AvgIpc) is 2.26. The summed E-state index contributed by atoms with van der Waals surface area (Å²) in [6.07, 6.45) is -1.19. The van der Waals surface area contributed by atoms with Crippen molar-refractivity contribution in [3.63, 3.8) is 0 Å². The Kier molecular flexibility index (Phi) is 5.77. The Balaban J connectivity index is 2.38. The minimum Gasteiger partial charge on any atom is -0.459 e. The first-order valence-corrected chi connectivity index (χ1v) is 7.01. The van der Waals surface area contributed by atoms with Crippen molar-refractivity contribution in [2.24, 2.45) is 5.41 Å². The van der Waals surface area contributed by atoms with Crippen LogP contribution in [0, 0.1) is 5.41 Å². The zero-order chi connectivity index (χ0) is 14.6. The van der Waals surface area contributed by atoms with Crippen molar-refractivity contribution in [2.45, 2.75) is 47.0 Å². The summed E-state index contributed by atoms with van der Waals surface area (Å²) in [6.45, 7) is 14.4. The molecule has 0 aromatic carbocycles. The molecule has 19 heavy (non-hydrogen) atoms. The van der Waals surface area contributed by atoms with Gasteiger partial charge in [0, 0.05) is 39.6 Å². The lowest BCUT2D eigenvalue weighted by atomic mass is 9.96. The summed E-state index contributed by atoms with van der Waals surface area (Å²) >= 11 is 0. The van der Waals surface area contributed by atoms with E-state index in [1.807, 2.05) is 4.90 Å². The third-order valence-electron chi connectivity index (χ3n) is 3.25. The van der Waals surface area contributed by atoms with Crippen molar-refractivity contribution in [3.8, 4) is 0 Å². The second-order valence-electron chi connectivity index (χ2n) is 6.60. The molecule has 0 saturated carbocycles. The SMILES string of the molecule is CC(=O)O[C@H](C)C(O)N1CCN(CC(C)(C)C)CC1. The molecule has 0 aromatic heterocycles. The molecule has 1 aliphatic rings. The lowest BCUT2D eigenvalue weighted by molar-refractivity contribution is -0.161. The van der Waals surface area contributed by atoms with Gasteiger partial charge in [0.15, 0.2) is 0 Å². The fraction of sp³-hybridized carbons (Fsp3) is 0.929. The normalized spacial score (nSPS) is 22.0. The van der Waals surface area contributed by atoms with E-state index in [4.69, 9.17) is 4.74 Å². The van der Waals surface area contributed by atoms with Crippen LogP contribution in [-0.4, -0.2) is 65.9 Å². The van der Waals surface area contributed by atoms with Crippen LogP contribution in [0.15, 0.2) is 0 Å².